The van der Waals surface area contributed by atoms with Gasteiger partial charge in [-0.05, 0) is 24.3 Å². The Balaban J connectivity index is 2.58. The third-order valence-electron chi connectivity index (χ3n) is 2.55. The molecule has 2 aromatic carbocycles. The summed E-state index contributed by atoms with van der Waals surface area (Å²) < 4.78 is 2.38. The highest BCUT2D eigenvalue weighted by Crippen LogP contribution is 2.37. The van der Waals surface area contributed by atoms with Crippen LogP contribution in [0.3, 0.4) is 0 Å². The highest BCUT2D eigenvalue weighted by molar-refractivity contribution is 7.26. The van der Waals surface area contributed by atoms with Gasteiger partial charge in [0.1, 0.15) is 0 Å². The van der Waals surface area contributed by atoms with Crippen LogP contribution >= 0.6 is 11.3 Å². The van der Waals surface area contributed by atoms with Crippen LogP contribution in [-0.2, 0) is 0 Å². The number of fused-ring (bicyclic) bond motifs is 3. The van der Waals surface area contributed by atoms with Crippen molar-refractivity contribution in [3.63, 3.8) is 0 Å². The van der Waals surface area contributed by atoms with Crippen molar-refractivity contribution in [1.29, 1.82) is 0 Å². The maximum atomic E-state index is 5.94. The second kappa shape index (κ2) is 2.87. The fraction of sp³-hybridized carbons (Fsp3) is 0. The second-order valence-electron chi connectivity index (χ2n) is 3.58. The zero-order valence-corrected chi connectivity index (χ0v) is 8.84. The minimum Gasteiger partial charge on any atom is -0.399 e. The van der Waals surface area contributed by atoms with E-state index >= 15 is 0 Å². The third-order valence-corrected chi connectivity index (χ3v) is 3.79. The Labute approximate surface area is 91.1 Å². The largest absolute Gasteiger partial charge is 0.399 e. The molecule has 0 aliphatic rings. The molecule has 0 unspecified atom stereocenters. The zero-order valence-electron chi connectivity index (χ0n) is 8.03. The van der Waals surface area contributed by atoms with Crippen LogP contribution in [0.5, 0.6) is 0 Å². The van der Waals surface area contributed by atoms with E-state index in [-0.39, 0.29) is 0 Å². The Hall–Kier alpha value is -1.74. The van der Waals surface area contributed by atoms with Crippen LogP contribution in [0.1, 0.15) is 0 Å². The average Bonchev–Trinajstić information content (AvgIpc) is 2.58. The molecule has 4 N–H and O–H groups in total. The smallest absolute Gasteiger partial charge is 0.0584 e. The van der Waals surface area contributed by atoms with E-state index in [0.29, 0.717) is 0 Å². The molecule has 3 rings (SSSR count). The molecule has 0 fully saturated rings. The average molecular weight is 214 g/mol. The quantitative estimate of drug-likeness (QED) is 0.564. The van der Waals surface area contributed by atoms with Gasteiger partial charge in [-0.3, -0.25) is 0 Å². The van der Waals surface area contributed by atoms with Gasteiger partial charge in [-0.15, -0.1) is 11.3 Å². The van der Waals surface area contributed by atoms with Crippen LogP contribution in [-0.4, -0.2) is 0 Å². The summed E-state index contributed by atoms with van der Waals surface area (Å²) in [6.07, 6.45) is 0. The molecule has 2 nitrogen and oxygen atoms in total. The summed E-state index contributed by atoms with van der Waals surface area (Å²) in [5, 5.41) is 2.39. The second-order valence-corrected chi connectivity index (χ2v) is 4.63. The molecule has 3 aromatic rings. The first-order valence-electron chi connectivity index (χ1n) is 4.72. The summed E-state index contributed by atoms with van der Waals surface area (Å²) in [7, 11) is 0. The number of hydrogen-bond acceptors (Lipinski definition) is 3. The summed E-state index contributed by atoms with van der Waals surface area (Å²) >= 11 is 1.72. The molecular formula is C12H10N2S. The van der Waals surface area contributed by atoms with Gasteiger partial charge >= 0.3 is 0 Å². The van der Waals surface area contributed by atoms with Crippen LogP contribution in [0.2, 0.25) is 0 Å². The number of benzene rings is 2. The van der Waals surface area contributed by atoms with Crippen molar-refractivity contribution < 1.29 is 0 Å². The lowest BCUT2D eigenvalue weighted by molar-refractivity contribution is 1.78. The fourth-order valence-electron chi connectivity index (χ4n) is 1.84. The van der Waals surface area contributed by atoms with E-state index in [0.717, 1.165) is 16.1 Å². The van der Waals surface area contributed by atoms with Gasteiger partial charge in [0, 0.05) is 26.8 Å². The predicted molar refractivity (Wildman–Crippen MR) is 68.2 cm³/mol. The topological polar surface area (TPSA) is 52.0 Å². The summed E-state index contributed by atoms with van der Waals surface area (Å²) in [6, 6.07) is 12.0. The number of thiophene rings is 1. The van der Waals surface area contributed by atoms with Crippen LogP contribution in [0.25, 0.3) is 20.2 Å². The van der Waals surface area contributed by atoms with E-state index in [4.69, 9.17) is 11.5 Å². The molecule has 0 aliphatic heterocycles. The SMILES string of the molecule is Nc1ccc2sc3c(N)cccc3c2c1. The maximum absolute atomic E-state index is 5.94. The molecule has 15 heavy (non-hydrogen) atoms. The van der Waals surface area contributed by atoms with Crippen molar-refractivity contribution in [2.45, 2.75) is 0 Å². The van der Waals surface area contributed by atoms with Gasteiger partial charge in [0.05, 0.1) is 4.70 Å². The first-order valence-corrected chi connectivity index (χ1v) is 5.53. The van der Waals surface area contributed by atoms with Crippen molar-refractivity contribution >= 4 is 42.9 Å². The lowest BCUT2D eigenvalue weighted by Gasteiger charge is -1.95. The van der Waals surface area contributed by atoms with Crippen molar-refractivity contribution in [1.82, 2.24) is 0 Å². The number of nitrogen functional groups attached to an aromatic ring is 2. The van der Waals surface area contributed by atoms with E-state index in [1.54, 1.807) is 11.3 Å². The number of anilines is 2. The van der Waals surface area contributed by atoms with Crippen LogP contribution in [0, 0.1) is 0 Å². The van der Waals surface area contributed by atoms with E-state index in [1.165, 1.54) is 15.5 Å². The van der Waals surface area contributed by atoms with Crippen molar-refractivity contribution in [2.75, 3.05) is 11.5 Å². The van der Waals surface area contributed by atoms with Gasteiger partial charge < -0.3 is 11.5 Å². The highest BCUT2D eigenvalue weighted by atomic mass is 32.1. The Bertz CT molecular complexity index is 655. The van der Waals surface area contributed by atoms with Gasteiger partial charge in [0.25, 0.3) is 0 Å². The summed E-state index contributed by atoms with van der Waals surface area (Å²) in [5.74, 6) is 0. The molecule has 1 aromatic heterocycles. The standard InChI is InChI=1S/C12H10N2S/c13-7-4-5-11-9(6-7)8-2-1-3-10(14)12(8)15-11/h1-6H,13-14H2. The monoisotopic (exact) mass is 214 g/mol. The maximum Gasteiger partial charge on any atom is 0.0584 e. The van der Waals surface area contributed by atoms with E-state index < -0.39 is 0 Å². The zero-order chi connectivity index (χ0) is 10.4. The molecule has 0 spiro atoms. The minimum atomic E-state index is 0.796. The highest BCUT2D eigenvalue weighted by Gasteiger charge is 2.06. The molecule has 0 saturated heterocycles. The van der Waals surface area contributed by atoms with Crippen LogP contribution < -0.4 is 11.5 Å². The number of rotatable bonds is 0. The molecule has 0 atom stereocenters. The minimum absolute atomic E-state index is 0.796. The Morgan fingerprint density at radius 2 is 1.80 bits per heavy atom. The molecule has 3 heteroatoms. The van der Waals surface area contributed by atoms with Gasteiger partial charge in [-0.1, -0.05) is 12.1 Å². The normalized spacial score (nSPS) is 11.2. The molecule has 0 aliphatic carbocycles. The molecule has 0 bridgehead atoms. The Morgan fingerprint density at radius 1 is 0.933 bits per heavy atom. The van der Waals surface area contributed by atoms with Gasteiger partial charge in [-0.25, -0.2) is 0 Å². The Kier molecular flexibility index (Phi) is 1.64. The first-order chi connectivity index (χ1) is 7.25. The summed E-state index contributed by atoms with van der Waals surface area (Å²) in [5.41, 5.74) is 13.4. The van der Waals surface area contributed by atoms with Crippen molar-refractivity contribution in [3.05, 3.63) is 36.4 Å². The lowest BCUT2D eigenvalue weighted by atomic mass is 10.1. The third kappa shape index (κ3) is 1.17. The summed E-state index contributed by atoms with van der Waals surface area (Å²) in [4.78, 5) is 0. The van der Waals surface area contributed by atoms with Crippen molar-refractivity contribution in [2.24, 2.45) is 0 Å². The van der Waals surface area contributed by atoms with E-state index in [2.05, 4.69) is 12.1 Å². The van der Waals surface area contributed by atoms with Gasteiger partial charge in [0.15, 0.2) is 0 Å². The predicted octanol–water partition coefficient (Wildman–Crippen LogP) is 3.22. The van der Waals surface area contributed by atoms with Gasteiger partial charge in [0.2, 0.25) is 0 Å². The fourth-order valence-corrected chi connectivity index (χ4v) is 2.95. The molecule has 0 saturated carbocycles. The van der Waals surface area contributed by atoms with E-state index in [1.807, 2.05) is 24.3 Å². The Morgan fingerprint density at radius 3 is 2.67 bits per heavy atom. The molecular weight excluding hydrogens is 204 g/mol. The molecule has 74 valence electrons. The lowest BCUT2D eigenvalue weighted by Crippen LogP contribution is -1.83. The first kappa shape index (κ1) is 8.56. The molecule has 1 heterocycles. The van der Waals surface area contributed by atoms with Crippen LogP contribution in [0.15, 0.2) is 36.4 Å². The van der Waals surface area contributed by atoms with Crippen molar-refractivity contribution in [3.8, 4) is 0 Å². The number of nitrogens with two attached hydrogens (primary N) is 2. The number of hydrogen-bond donors (Lipinski definition) is 2. The molecule has 0 amide bonds. The molecule has 0 radical (unpaired) electrons. The van der Waals surface area contributed by atoms with E-state index in [9.17, 15) is 0 Å². The summed E-state index contributed by atoms with van der Waals surface area (Å²) in [6.45, 7) is 0. The van der Waals surface area contributed by atoms with Gasteiger partial charge in [-0.2, -0.15) is 0 Å². The van der Waals surface area contributed by atoms with Crippen LogP contribution in [0.4, 0.5) is 11.4 Å².